The fourth-order valence-electron chi connectivity index (χ4n) is 2.25. The molecule has 1 aliphatic rings. The summed E-state index contributed by atoms with van der Waals surface area (Å²) in [6.07, 6.45) is 0. The zero-order valence-corrected chi connectivity index (χ0v) is 10.5. The van der Waals surface area contributed by atoms with Crippen LogP contribution in [0.2, 0.25) is 0 Å². The van der Waals surface area contributed by atoms with Crippen LogP contribution in [0.1, 0.15) is 23.1 Å². The second-order valence-corrected chi connectivity index (χ2v) is 4.49. The number of nitrogens with zero attached hydrogens (tertiary/aromatic N) is 2. The third kappa shape index (κ3) is 2.01. The molecule has 92 valence electrons. The van der Waals surface area contributed by atoms with Crippen LogP contribution >= 0.6 is 0 Å². The van der Waals surface area contributed by atoms with Crippen molar-refractivity contribution in [3.8, 4) is 5.75 Å². The van der Waals surface area contributed by atoms with Gasteiger partial charge in [-0.1, -0.05) is 18.2 Å². The predicted octanol–water partition coefficient (Wildman–Crippen LogP) is 2.64. The zero-order valence-electron chi connectivity index (χ0n) is 10.5. The first kappa shape index (κ1) is 11.0. The van der Waals surface area contributed by atoms with E-state index in [4.69, 9.17) is 4.74 Å². The van der Waals surface area contributed by atoms with Crippen LogP contribution in [0.4, 0.5) is 5.82 Å². The van der Waals surface area contributed by atoms with Crippen molar-refractivity contribution >= 4 is 5.82 Å². The molecule has 0 aliphatic carbocycles. The molecule has 0 saturated heterocycles. The van der Waals surface area contributed by atoms with Crippen LogP contribution < -0.4 is 10.1 Å². The molecule has 0 fully saturated rings. The summed E-state index contributed by atoms with van der Waals surface area (Å²) in [4.78, 5) is 8.66. The first-order valence-corrected chi connectivity index (χ1v) is 6.03. The van der Waals surface area contributed by atoms with Crippen LogP contribution in [0.25, 0.3) is 0 Å². The van der Waals surface area contributed by atoms with E-state index in [0.717, 1.165) is 23.1 Å². The lowest BCUT2D eigenvalue weighted by Crippen LogP contribution is -2.13. The van der Waals surface area contributed by atoms with Gasteiger partial charge in [-0.25, -0.2) is 9.97 Å². The minimum atomic E-state index is 0.162. The quantitative estimate of drug-likeness (QED) is 0.878. The molecular weight excluding hydrogens is 226 g/mol. The van der Waals surface area contributed by atoms with Crippen molar-refractivity contribution in [1.82, 2.24) is 9.97 Å². The molecule has 0 radical (unpaired) electrons. The molecule has 0 saturated carbocycles. The van der Waals surface area contributed by atoms with Crippen LogP contribution in [0, 0.1) is 13.8 Å². The number of hydrogen-bond acceptors (Lipinski definition) is 4. The Morgan fingerprint density at radius 3 is 2.89 bits per heavy atom. The molecule has 1 aromatic heterocycles. The summed E-state index contributed by atoms with van der Waals surface area (Å²) in [5, 5.41) is 3.40. The maximum atomic E-state index is 5.64. The number of anilines is 1. The van der Waals surface area contributed by atoms with Crippen LogP contribution in [-0.4, -0.2) is 16.6 Å². The average Bonchev–Trinajstić information content (AvgIpc) is 2.72. The second kappa shape index (κ2) is 4.29. The van der Waals surface area contributed by atoms with Gasteiger partial charge < -0.3 is 10.1 Å². The Hall–Kier alpha value is -2.10. The van der Waals surface area contributed by atoms with Gasteiger partial charge in [0.05, 0.1) is 6.04 Å². The molecule has 4 nitrogen and oxygen atoms in total. The van der Waals surface area contributed by atoms with Crippen LogP contribution in [0.3, 0.4) is 0 Å². The van der Waals surface area contributed by atoms with Gasteiger partial charge in [-0.2, -0.15) is 0 Å². The van der Waals surface area contributed by atoms with E-state index in [-0.39, 0.29) is 6.04 Å². The number of fused-ring (bicyclic) bond motifs is 1. The molecule has 3 rings (SSSR count). The van der Waals surface area contributed by atoms with Gasteiger partial charge in [0.15, 0.2) is 0 Å². The van der Waals surface area contributed by atoms with E-state index >= 15 is 0 Å². The third-order valence-corrected chi connectivity index (χ3v) is 2.99. The number of rotatable bonds is 2. The number of aromatic nitrogens is 2. The standard InChI is InChI=1S/C14H15N3O/c1-9-7-14(16-10(2)15-9)17-12-8-18-13-6-4-3-5-11(12)13/h3-7,12H,8H2,1-2H3,(H,15,16,17). The number of ether oxygens (including phenoxy) is 1. The Bertz CT molecular complexity index is 563. The number of nitrogens with one attached hydrogen (secondary N) is 1. The van der Waals surface area contributed by atoms with Crippen molar-refractivity contribution in [3.63, 3.8) is 0 Å². The van der Waals surface area contributed by atoms with Crippen molar-refractivity contribution in [1.29, 1.82) is 0 Å². The molecule has 1 aliphatic heterocycles. The molecule has 0 spiro atoms. The number of para-hydroxylation sites is 1. The van der Waals surface area contributed by atoms with Crippen molar-refractivity contribution in [2.45, 2.75) is 19.9 Å². The van der Waals surface area contributed by atoms with Crippen molar-refractivity contribution in [2.24, 2.45) is 0 Å². The largest absolute Gasteiger partial charge is 0.491 e. The first-order valence-electron chi connectivity index (χ1n) is 6.03. The fourth-order valence-corrected chi connectivity index (χ4v) is 2.25. The lowest BCUT2D eigenvalue weighted by molar-refractivity contribution is 0.339. The molecule has 1 aromatic carbocycles. The van der Waals surface area contributed by atoms with E-state index in [1.165, 1.54) is 5.56 Å². The van der Waals surface area contributed by atoms with E-state index < -0.39 is 0 Å². The smallest absolute Gasteiger partial charge is 0.130 e. The maximum absolute atomic E-state index is 5.64. The highest BCUT2D eigenvalue weighted by molar-refractivity contribution is 5.46. The highest BCUT2D eigenvalue weighted by Crippen LogP contribution is 2.33. The summed E-state index contributed by atoms with van der Waals surface area (Å²) >= 11 is 0. The Morgan fingerprint density at radius 2 is 2.06 bits per heavy atom. The van der Waals surface area contributed by atoms with Crippen molar-refractivity contribution < 1.29 is 4.74 Å². The molecule has 1 atom stereocenters. The third-order valence-electron chi connectivity index (χ3n) is 2.99. The van der Waals surface area contributed by atoms with Crippen LogP contribution in [0.5, 0.6) is 5.75 Å². The summed E-state index contributed by atoms with van der Waals surface area (Å²) in [5.41, 5.74) is 2.16. The van der Waals surface area contributed by atoms with Crippen molar-refractivity contribution in [3.05, 3.63) is 47.4 Å². The SMILES string of the molecule is Cc1cc(NC2COc3ccccc32)nc(C)n1. The molecule has 2 heterocycles. The molecule has 0 amide bonds. The van der Waals surface area contributed by atoms with E-state index in [1.807, 2.05) is 38.1 Å². The van der Waals surface area contributed by atoms with Crippen LogP contribution in [0.15, 0.2) is 30.3 Å². The van der Waals surface area contributed by atoms with Gasteiger partial charge in [0, 0.05) is 17.3 Å². The van der Waals surface area contributed by atoms with Gasteiger partial charge in [-0.15, -0.1) is 0 Å². The summed E-state index contributed by atoms with van der Waals surface area (Å²) in [5.74, 6) is 2.59. The summed E-state index contributed by atoms with van der Waals surface area (Å²) in [6.45, 7) is 4.51. The minimum absolute atomic E-state index is 0.162. The van der Waals surface area contributed by atoms with E-state index in [1.54, 1.807) is 0 Å². The molecule has 4 heteroatoms. The molecule has 1 unspecified atom stereocenters. The molecule has 18 heavy (non-hydrogen) atoms. The average molecular weight is 241 g/mol. The Labute approximate surface area is 106 Å². The molecule has 2 aromatic rings. The zero-order chi connectivity index (χ0) is 12.5. The second-order valence-electron chi connectivity index (χ2n) is 4.49. The van der Waals surface area contributed by atoms with Crippen LogP contribution in [-0.2, 0) is 0 Å². The molecular formula is C14H15N3O. The highest BCUT2D eigenvalue weighted by atomic mass is 16.5. The molecule has 0 bridgehead atoms. The van der Waals surface area contributed by atoms with Gasteiger partial charge in [0.1, 0.15) is 24.0 Å². The fraction of sp³-hybridized carbons (Fsp3) is 0.286. The monoisotopic (exact) mass is 241 g/mol. The van der Waals surface area contributed by atoms with Crippen molar-refractivity contribution in [2.75, 3.05) is 11.9 Å². The number of aryl methyl sites for hydroxylation is 2. The predicted molar refractivity (Wildman–Crippen MR) is 69.8 cm³/mol. The first-order chi connectivity index (χ1) is 8.72. The Kier molecular flexibility index (Phi) is 2.63. The highest BCUT2D eigenvalue weighted by Gasteiger charge is 2.23. The topological polar surface area (TPSA) is 47.0 Å². The van der Waals surface area contributed by atoms with Gasteiger partial charge >= 0.3 is 0 Å². The van der Waals surface area contributed by atoms with E-state index in [2.05, 4.69) is 21.4 Å². The lowest BCUT2D eigenvalue weighted by Gasteiger charge is -2.13. The Morgan fingerprint density at radius 1 is 1.22 bits per heavy atom. The van der Waals surface area contributed by atoms with Gasteiger partial charge in [0.25, 0.3) is 0 Å². The number of benzene rings is 1. The summed E-state index contributed by atoms with van der Waals surface area (Å²) in [6, 6.07) is 10.2. The van der Waals surface area contributed by atoms with Gasteiger partial charge in [-0.05, 0) is 19.9 Å². The normalized spacial score (nSPS) is 17.1. The van der Waals surface area contributed by atoms with Gasteiger partial charge in [0.2, 0.25) is 0 Å². The Balaban J connectivity index is 1.86. The van der Waals surface area contributed by atoms with Gasteiger partial charge in [-0.3, -0.25) is 0 Å². The summed E-state index contributed by atoms with van der Waals surface area (Å²) in [7, 11) is 0. The van der Waals surface area contributed by atoms with E-state index in [9.17, 15) is 0 Å². The minimum Gasteiger partial charge on any atom is -0.491 e. The number of hydrogen-bond donors (Lipinski definition) is 1. The molecule has 1 N–H and O–H groups in total. The lowest BCUT2D eigenvalue weighted by atomic mass is 10.1. The summed E-state index contributed by atoms with van der Waals surface area (Å²) < 4.78 is 5.64. The maximum Gasteiger partial charge on any atom is 0.130 e. The van der Waals surface area contributed by atoms with E-state index in [0.29, 0.717) is 6.61 Å².